The lowest BCUT2D eigenvalue weighted by atomic mass is 10.1. The molecule has 1 aromatic carbocycles. The van der Waals surface area contributed by atoms with Crippen LogP contribution in [0.15, 0.2) is 30.3 Å². The number of hydrogen-bond donors (Lipinski definition) is 2. The van der Waals surface area contributed by atoms with Gasteiger partial charge in [-0.2, -0.15) is 0 Å². The van der Waals surface area contributed by atoms with Crippen molar-refractivity contribution in [2.75, 3.05) is 10.6 Å². The van der Waals surface area contributed by atoms with E-state index in [2.05, 4.69) is 27.5 Å². The monoisotopic (exact) mass is 326 g/mol. The number of hydrogen-bond acceptors (Lipinski definition) is 5. The molecule has 6 nitrogen and oxygen atoms in total. The quantitative estimate of drug-likeness (QED) is 0.794. The Morgan fingerprint density at radius 2 is 1.83 bits per heavy atom. The summed E-state index contributed by atoms with van der Waals surface area (Å²) >= 11 is 0. The fourth-order valence-corrected chi connectivity index (χ4v) is 2.06. The Labute approximate surface area is 141 Å². The highest BCUT2D eigenvalue weighted by Gasteiger charge is 2.12. The van der Waals surface area contributed by atoms with Gasteiger partial charge >= 0.3 is 0 Å². The summed E-state index contributed by atoms with van der Waals surface area (Å²) < 4.78 is 0. The van der Waals surface area contributed by atoms with Gasteiger partial charge in [0, 0.05) is 23.0 Å². The van der Waals surface area contributed by atoms with Crippen LogP contribution in [0.1, 0.15) is 53.7 Å². The van der Waals surface area contributed by atoms with Crippen molar-refractivity contribution in [2.24, 2.45) is 0 Å². The molecule has 0 aliphatic carbocycles. The molecule has 1 atom stereocenters. The maximum atomic E-state index is 12.4. The summed E-state index contributed by atoms with van der Waals surface area (Å²) in [5, 5.41) is 5.95. The van der Waals surface area contributed by atoms with Crippen LogP contribution in [0.3, 0.4) is 0 Å². The van der Waals surface area contributed by atoms with Gasteiger partial charge in [-0.1, -0.05) is 6.92 Å². The van der Waals surface area contributed by atoms with Gasteiger partial charge in [0.2, 0.25) is 5.95 Å². The molecule has 0 spiro atoms. The van der Waals surface area contributed by atoms with E-state index in [-0.39, 0.29) is 17.7 Å². The number of ketones is 1. The van der Waals surface area contributed by atoms with Crippen molar-refractivity contribution in [3.8, 4) is 0 Å². The number of amides is 1. The minimum Gasteiger partial charge on any atom is -0.352 e. The molecular formula is C18H22N4O2. The highest BCUT2D eigenvalue weighted by atomic mass is 16.2. The maximum Gasteiger partial charge on any atom is 0.274 e. The van der Waals surface area contributed by atoms with Crippen molar-refractivity contribution < 1.29 is 9.59 Å². The lowest BCUT2D eigenvalue weighted by Gasteiger charge is -2.13. The van der Waals surface area contributed by atoms with E-state index in [0.29, 0.717) is 28.6 Å². The molecule has 1 unspecified atom stereocenters. The van der Waals surface area contributed by atoms with Crippen molar-refractivity contribution >= 4 is 23.3 Å². The van der Waals surface area contributed by atoms with Crippen LogP contribution >= 0.6 is 0 Å². The summed E-state index contributed by atoms with van der Waals surface area (Å²) in [7, 11) is 0. The number of carbonyl (C=O) groups is 2. The van der Waals surface area contributed by atoms with Crippen molar-refractivity contribution in [3.63, 3.8) is 0 Å². The van der Waals surface area contributed by atoms with Crippen LogP contribution in [-0.2, 0) is 0 Å². The lowest BCUT2D eigenvalue weighted by Crippen LogP contribution is -2.19. The first-order chi connectivity index (χ1) is 11.4. The Kier molecular flexibility index (Phi) is 5.63. The molecule has 2 aromatic rings. The first kappa shape index (κ1) is 17.6. The van der Waals surface area contributed by atoms with Gasteiger partial charge in [0.05, 0.1) is 0 Å². The highest BCUT2D eigenvalue weighted by Crippen LogP contribution is 2.13. The average molecular weight is 326 g/mol. The second-order valence-corrected chi connectivity index (χ2v) is 5.76. The highest BCUT2D eigenvalue weighted by molar-refractivity contribution is 6.03. The fraction of sp³-hybridized carbons (Fsp3) is 0.333. The number of aryl methyl sites for hydroxylation is 1. The van der Waals surface area contributed by atoms with Crippen molar-refractivity contribution in [2.45, 2.75) is 40.2 Å². The second kappa shape index (κ2) is 7.68. The van der Waals surface area contributed by atoms with Crippen LogP contribution in [0.2, 0.25) is 0 Å². The molecular weight excluding hydrogens is 304 g/mol. The van der Waals surface area contributed by atoms with Crippen molar-refractivity contribution in [3.05, 3.63) is 47.3 Å². The molecule has 2 N–H and O–H groups in total. The van der Waals surface area contributed by atoms with Crippen molar-refractivity contribution in [1.82, 2.24) is 9.97 Å². The van der Waals surface area contributed by atoms with Gasteiger partial charge in [-0.05, 0) is 57.5 Å². The Balaban J connectivity index is 2.15. The zero-order chi connectivity index (χ0) is 17.7. The van der Waals surface area contributed by atoms with Crippen LogP contribution in [0.25, 0.3) is 0 Å². The van der Waals surface area contributed by atoms with Gasteiger partial charge in [-0.15, -0.1) is 0 Å². The Morgan fingerprint density at radius 1 is 1.17 bits per heavy atom. The summed E-state index contributed by atoms with van der Waals surface area (Å²) in [6.07, 6.45) is 0.932. The molecule has 0 fully saturated rings. The summed E-state index contributed by atoms with van der Waals surface area (Å²) in [5.74, 6) is 0.116. The number of anilines is 2. The SMILES string of the molecule is CCC(C)Nc1nc(C)cc(C(=O)Nc2ccc(C(C)=O)cc2)n1. The predicted molar refractivity (Wildman–Crippen MR) is 94.5 cm³/mol. The van der Waals surface area contributed by atoms with E-state index in [1.54, 1.807) is 30.3 Å². The molecule has 0 aliphatic heterocycles. The number of rotatable bonds is 6. The maximum absolute atomic E-state index is 12.4. The van der Waals surface area contributed by atoms with Gasteiger partial charge in [0.25, 0.3) is 5.91 Å². The second-order valence-electron chi connectivity index (χ2n) is 5.76. The van der Waals surface area contributed by atoms with E-state index in [4.69, 9.17) is 0 Å². The van der Waals surface area contributed by atoms with Crippen LogP contribution in [0, 0.1) is 6.92 Å². The van der Waals surface area contributed by atoms with Crippen LogP contribution in [0.5, 0.6) is 0 Å². The molecule has 24 heavy (non-hydrogen) atoms. The number of aromatic nitrogens is 2. The number of benzene rings is 1. The van der Waals surface area contributed by atoms with Gasteiger partial charge in [-0.25, -0.2) is 9.97 Å². The summed E-state index contributed by atoms with van der Waals surface area (Å²) in [6, 6.07) is 8.61. The van der Waals surface area contributed by atoms with E-state index in [1.165, 1.54) is 6.92 Å². The van der Waals surface area contributed by atoms with Crippen molar-refractivity contribution in [1.29, 1.82) is 0 Å². The van der Waals surface area contributed by atoms with Gasteiger partial charge in [-0.3, -0.25) is 9.59 Å². The predicted octanol–water partition coefficient (Wildman–Crippen LogP) is 3.45. The van der Waals surface area contributed by atoms with Gasteiger partial charge in [0.15, 0.2) is 5.78 Å². The Bertz CT molecular complexity index is 741. The van der Waals surface area contributed by atoms with Gasteiger partial charge < -0.3 is 10.6 Å². The summed E-state index contributed by atoms with van der Waals surface area (Å²) in [6.45, 7) is 7.42. The molecule has 0 bridgehead atoms. The van der Waals surface area contributed by atoms with E-state index < -0.39 is 0 Å². The molecule has 0 saturated carbocycles. The summed E-state index contributed by atoms with van der Waals surface area (Å²) in [4.78, 5) is 32.3. The van der Waals surface area contributed by atoms with E-state index in [0.717, 1.165) is 6.42 Å². The Morgan fingerprint density at radius 3 is 2.42 bits per heavy atom. The zero-order valence-corrected chi connectivity index (χ0v) is 14.4. The molecule has 1 heterocycles. The molecule has 2 rings (SSSR count). The minimum absolute atomic E-state index is 0.0138. The molecule has 1 aromatic heterocycles. The van der Waals surface area contributed by atoms with Gasteiger partial charge in [0.1, 0.15) is 5.69 Å². The fourth-order valence-electron chi connectivity index (χ4n) is 2.06. The topological polar surface area (TPSA) is 84.0 Å². The smallest absolute Gasteiger partial charge is 0.274 e. The van der Waals surface area contributed by atoms with E-state index in [1.807, 2.05) is 13.8 Å². The molecule has 1 amide bonds. The number of Topliss-reactive ketones (excluding diaryl/α,β-unsaturated/α-hetero) is 1. The van der Waals surface area contributed by atoms with E-state index >= 15 is 0 Å². The zero-order valence-electron chi connectivity index (χ0n) is 14.4. The third-order valence-corrected chi connectivity index (χ3v) is 3.62. The standard InChI is InChI=1S/C18H22N4O2/c1-5-11(2)19-18-20-12(3)10-16(22-18)17(24)21-15-8-6-14(7-9-15)13(4)23/h6-11H,5H2,1-4H3,(H,21,24)(H,19,20,22). The van der Waals surface area contributed by atoms with Crippen LogP contribution in [0.4, 0.5) is 11.6 Å². The molecule has 0 aliphatic rings. The number of nitrogens with zero attached hydrogens (tertiary/aromatic N) is 2. The molecule has 6 heteroatoms. The van der Waals surface area contributed by atoms with Crippen LogP contribution < -0.4 is 10.6 Å². The Hall–Kier alpha value is -2.76. The minimum atomic E-state index is -0.316. The third-order valence-electron chi connectivity index (χ3n) is 3.62. The molecule has 0 radical (unpaired) electrons. The largest absolute Gasteiger partial charge is 0.352 e. The average Bonchev–Trinajstić information content (AvgIpc) is 2.54. The lowest BCUT2D eigenvalue weighted by molar-refractivity contribution is 0.101. The van der Waals surface area contributed by atoms with Crippen LogP contribution in [-0.4, -0.2) is 27.7 Å². The normalized spacial score (nSPS) is 11.7. The molecule has 0 saturated heterocycles. The van der Waals surface area contributed by atoms with E-state index in [9.17, 15) is 9.59 Å². The first-order valence-electron chi connectivity index (χ1n) is 7.93. The summed E-state index contributed by atoms with van der Waals surface area (Å²) in [5.41, 5.74) is 2.22. The third kappa shape index (κ3) is 4.62. The first-order valence-corrected chi connectivity index (χ1v) is 7.93. The number of nitrogens with one attached hydrogen (secondary N) is 2. The molecule has 126 valence electrons. The number of carbonyl (C=O) groups excluding carboxylic acids is 2.